The number of amides is 1. The number of benzene rings is 2. The molecule has 4 rings (SSSR count). The number of morpholine rings is 1. The van der Waals surface area contributed by atoms with Gasteiger partial charge in [-0.2, -0.15) is 0 Å². The Kier molecular flexibility index (Phi) is 6.43. The molecule has 3 aromatic rings. The van der Waals surface area contributed by atoms with Gasteiger partial charge in [-0.25, -0.2) is 0 Å². The Labute approximate surface area is 173 Å². The van der Waals surface area contributed by atoms with Gasteiger partial charge in [0.25, 0.3) is 5.22 Å². The summed E-state index contributed by atoms with van der Waals surface area (Å²) in [5.74, 6) is 0.625. The summed E-state index contributed by atoms with van der Waals surface area (Å²) in [7, 11) is 0. The van der Waals surface area contributed by atoms with E-state index in [0.717, 1.165) is 30.0 Å². The van der Waals surface area contributed by atoms with Crippen molar-refractivity contribution in [3.8, 4) is 0 Å². The van der Waals surface area contributed by atoms with E-state index in [0.29, 0.717) is 30.7 Å². The van der Waals surface area contributed by atoms with E-state index in [2.05, 4.69) is 20.4 Å². The number of para-hydroxylation sites is 2. The van der Waals surface area contributed by atoms with Crippen LogP contribution in [-0.4, -0.2) is 48.2 Å². The number of hydrogen-bond donors (Lipinski definition) is 1. The molecule has 1 fully saturated rings. The lowest BCUT2D eigenvalue weighted by Crippen LogP contribution is -2.36. The Morgan fingerprint density at radius 3 is 2.62 bits per heavy atom. The molecule has 0 spiro atoms. The van der Waals surface area contributed by atoms with Gasteiger partial charge in [0.05, 0.1) is 36.8 Å². The molecule has 1 aliphatic heterocycles. The number of aromatic nitrogens is 2. The molecule has 1 aromatic heterocycles. The Bertz CT molecular complexity index is 942. The Morgan fingerprint density at radius 1 is 1.03 bits per heavy atom. The van der Waals surface area contributed by atoms with E-state index in [4.69, 9.17) is 9.15 Å². The number of hydrogen-bond acceptors (Lipinski definition) is 7. The van der Waals surface area contributed by atoms with Gasteiger partial charge in [0.1, 0.15) is 0 Å². The van der Waals surface area contributed by atoms with Crippen LogP contribution in [0.15, 0.2) is 64.2 Å². The number of rotatable bonds is 7. The van der Waals surface area contributed by atoms with Crippen LogP contribution < -0.4 is 10.2 Å². The first kappa shape index (κ1) is 19.5. The third kappa shape index (κ3) is 5.36. The molecule has 0 unspecified atom stereocenters. The van der Waals surface area contributed by atoms with Crippen LogP contribution >= 0.6 is 11.8 Å². The molecule has 29 heavy (non-hydrogen) atoms. The van der Waals surface area contributed by atoms with Crippen LogP contribution in [0.5, 0.6) is 0 Å². The fourth-order valence-electron chi connectivity index (χ4n) is 3.11. The van der Waals surface area contributed by atoms with E-state index < -0.39 is 0 Å². The smallest absolute Gasteiger partial charge is 0.277 e. The SMILES string of the molecule is O=C(CSc1nnc(Cc2ccccc2)o1)Nc1ccccc1N1CCOCC1. The molecule has 1 N–H and O–H groups in total. The highest BCUT2D eigenvalue weighted by molar-refractivity contribution is 7.99. The van der Waals surface area contributed by atoms with Gasteiger partial charge in [-0.3, -0.25) is 4.79 Å². The maximum Gasteiger partial charge on any atom is 0.277 e. The van der Waals surface area contributed by atoms with Crippen LogP contribution in [-0.2, 0) is 16.0 Å². The van der Waals surface area contributed by atoms with E-state index in [1.165, 1.54) is 11.8 Å². The molecule has 0 atom stereocenters. The summed E-state index contributed by atoms with van der Waals surface area (Å²) in [6.45, 7) is 3.02. The zero-order valence-corrected chi connectivity index (χ0v) is 16.7. The van der Waals surface area contributed by atoms with Crippen molar-refractivity contribution in [2.45, 2.75) is 11.6 Å². The highest BCUT2D eigenvalue weighted by Crippen LogP contribution is 2.27. The van der Waals surface area contributed by atoms with Gasteiger partial charge >= 0.3 is 0 Å². The fourth-order valence-corrected chi connectivity index (χ4v) is 3.69. The minimum atomic E-state index is -0.112. The maximum atomic E-state index is 12.5. The van der Waals surface area contributed by atoms with Crippen LogP contribution in [0.4, 0.5) is 11.4 Å². The molecule has 2 heterocycles. The van der Waals surface area contributed by atoms with Gasteiger partial charge in [-0.1, -0.05) is 54.2 Å². The molecular formula is C21H22N4O3S. The quantitative estimate of drug-likeness (QED) is 0.599. The van der Waals surface area contributed by atoms with E-state index in [9.17, 15) is 4.79 Å². The third-order valence-electron chi connectivity index (χ3n) is 4.50. The summed E-state index contributed by atoms with van der Waals surface area (Å²) in [5, 5.41) is 11.5. The van der Waals surface area contributed by atoms with Crippen molar-refractivity contribution in [3.63, 3.8) is 0 Å². The Hall–Kier alpha value is -2.84. The summed E-state index contributed by atoms with van der Waals surface area (Å²) in [5.41, 5.74) is 2.91. The monoisotopic (exact) mass is 410 g/mol. The summed E-state index contributed by atoms with van der Waals surface area (Å²) in [6.07, 6.45) is 0.577. The molecule has 1 aliphatic rings. The molecule has 0 aliphatic carbocycles. The van der Waals surface area contributed by atoms with E-state index >= 15 is 0 Å². The largest absolute Gasteiger partial charge is 0.416 e. The van der Waals surface area contributed by atoms with Gasteiger partial charge in [0, 0.05) is 13.1 Å². The average Bonchev–Trinajstić information content (AvgIpc) is 3.21. The minimum Gasteiger partial charge on any atom is -0.416 e. The summed E-state index contributed by atoms with van der Waals surface area (Å²) in [6, 6.07) is 17.8. The van der Waals surface area contributed by atoms with Gasteiger partial charge in [0.15, 0.2) is 0 Å². The first-order valence-electron chi connectivity index (χ1n) is 9.48. The van der Waals surface area contributed by atoms with Crippen LogP contribution in [0.3, 0.4) is 0 Å². The molecule has 1 saturated heterocycles. The van der Waals surface area contributed by atoms with Crippen molar-refractivity contribution in [2.24, 2.45) is 0 Å². The number of anilines is 2. The molecule has 150 valence electrons. The lowest BCUT2D eigenvalue weighted by molar-refractivity contribution is -0.113. The number of nitrogens with zero attached hydrogens (tertiary/aromatic N) is 3. The number of ether oxygens (including phenoxy) is 1. The first-order valence-corrected chi connectivity index (χ1v) is 10.5. The van der Waals surface area contributed by atoms with E-state index in [-0.39, 0.29) is 11.7 Å². The van der Waals surface area contributed by atoms with Crippen LogP contribution in [0.1, 0.15) is 11.5 Å². The summed E-state index contributed by atoms with van der Waals surface area (Å²) < 4.78 is 11.1. The molecule has 8 heteroatoms. The van der Waals surface area contributed by atoms with Gasteiger partial charge < -0.3 is 19.4 Å². The predicted molar refractivity (Wildman–Crippen MR) is 112 cm³/mol. The average molecular weight is 410 g/mol. The van der Waals surface area contributed by atoms with Crippen molar-refractivity contribution < 1.29 is 13.9 Å². The highest BCUT2D eigenvalue weighted by atomic mass is 32.2. The maximum absolute atomic E-state index is 12.5. The lowest BCUT2D eigenvalue weighted by atomic mass is 10.2. The zero-order valence-electron chi connectivity index (χ0n) is 15.9. The fraction of sp³-hybridized carbons (Fsp3) is 0.286. The molecule has 2 aromatic carbocycles. The van der Waals surface area contributed by atoms with Crippen LogP contribution in [0, 0.1) is 0 Å². The van der Waals surface area contributed by atoms with Crippen molar-refractivity contribution in [1.82, 2.24) is 10.2 Å². The number of carbonyl (C=O) groups is 1. The molecular weight excluding hydrogens is 388 g/mol. The Morgan fingerprint density at radius 2 is 1.79 bits per heavy atom. The molecule has 1 amide bonds. The second-order valence-electron chi connectivity index (χ2n) is 6.58. The molecule has 0 bridgehead atoms. The second-order valence-corrected chi connectivity index (χ2v) is 7.50. The van der Waals surface area contributed by atoms with Gasteiger partial charge in [-0.15, -0.1) is 10.2 Å². The van der Waals surface area contributed by atoms with E-state index in [1.54, 1.807) is 0 Å². The number of nitrogens with one attached hydrogen (secondary N) is 1. The zero-order chi connectivity index (χ0) is 19.9. The highest BCUT2D eigenvalue weighted by Gasteiger charge is 2.16. The van der Waals surface area contributed by atoms with Crippen LogP contribution in [0.2, 0.25) is 0 Å². The van der Waals surface area contributed by atoms with Crippen molar-refractivity contribution in [2.75, 3.05) is 42.3 Å². The van der Waals surface area contributed by atoms with Crippen molar-refractivity contribution >= 4 is 29.0 Å². The molecule has 7 nitrogen and oxygen atoms in total. The first-order chi connectivity index (χ1) is 14.3. The normalized spacial score (nSPS) is 14.0. The topological polar surface area (TPSA) is 80.5 Å². The summed E-state index contributed by atoms with van der Waals surface area (Å²) in [4.78, 5) is 14.7. The number of carbonyl (C=O) groups excluding carboxylic acids is 1. The third-order valence-corrected chi connectivity index (χ3v) is 5.32. The Balaban J connectivity index is 1.32. The summed E-state index contributed by atoms with van der Waals surface area (Å²) >= 11 is 1.23. The molecule has 0 saturated carbocycles. The second kappa shape index (κ2) is 9.58. The standard InChI is InChI=1S/C21H22N4O3S/c26-19(22-17-8-4-5-9-18(17)25-10-12-27-13-11-25)15-29-21-24-23-20(28-21)14-16-6-2-1-3-7-16/h1-9H,10-15H2,(H,22,26). The number of thioether (sulfide) groups is 1. The van der Waals surface area contributed by atoms with Gasteiger partial charge in [-0.05, 0) is 17.7 Å². The van der Waals surface area contributed by atoms with Crippen molar-refractivity contribution in [3.05, 3.63) is 66.1 Å². The molecule has 0 radical (unpaired) electrons. The predicted octanol–water partition coefficient (Wildman–Crippen LogP) is 3.23. The minimum absolute atomic E-state index is 0.112. The van der Waals surface area contributed by atoms with E-state index in [1.807, 2.05) is 54.6 Å². The van der Waals surface area contributed by atoms with Crippen molar-refractivity contribution in [1.29, 1.82) is 0 Å². The lowest BCUT2D eigenvalue weighted by Gasteiger charge is -2.30. The van der Waals surface area contributed by atoms with Gasteiger partial charge in [0.2, 0.25) is 11.8 Å². The van der Waals surface area contributed by atoms with Crippen LogP contribution in [0.25, 0.3) is 0 Å².